The molecule has 4 rings (SSSR count). The number of amides is 1. The molecule has 166 valence electrons. The van der Waals surface area contributed by atoms with Gasteiger partial charge >= 0.3 is 5.97 Å². The molecule has 0 bridgehead atoms. The number of ketones is 1. The smallest absolute Gasteiger partial charge is 0.335 e. The van der Waals surface area contributed by atoms with E-state index in [-0.39, 0.29) is 23.4 Å². The van der Waals surface area contributed by atoms with Crippen LogP contribution in [0.2, 0.25) is 0 Å². The van der Waals surface area contributed by atoms with Gasteiger partial charge in [-0.3, -0.25) is 9.59 Å². The zero-order valence-corrected chi connectivity index (χ0v) is 17.8. The third-order valence-electron chi connectivity index (χ3n) is 5.57. The van der Waals surface area contributed by atoms with Gasteiger partial charge in [0.05, 0.1) is 24.3 Å². The van der Waals surface area contributed by atoms with Crippen LogP contribution in [0.25, 0.3) is 5.76 Å². The average molecular weight is 443 g/mol. The Morgan fingerprint density at radius 2 is 1.52 bits per heavy atom. The molecular weight excluding hydrogens is 422 g/mol. The van der Waals surface area contributed by atoms with Crippen molar-refractivity contribution in [3.05, 3.63) is 107 Å². The van der Waals surface area contributed by atoms with Gasteiger partial charge in [-0.1, -0.05) is 54.6 Å². The Labute approximate surface area is 190 Å². The van der Waals surface area contributed by atoms with Gasteiger partial charge in [0.15, 0.2) is 0 Å². The van der Waals surface area contributed by atoms with Crippen molar-refractivity contribution in [1.82, 2.24) is 4.90 Å². The van der Waals surface area contributed by atoms with E-state index in [4.69, 9.17) is 9.84 Å². The number of methoxy groups -OCH3 is 1. The fourth-order valence-corrected chi connectivity index (χ4v) is 3.88. The summed E-state index contributed by atoms with van der Waals surface area (Å²) < 4.78 is 5.21. The van der Waals surface area contributed by atoms with Crippen molar-refractivity contribution in [1.29, 1.82) is 0 Å². The van der Waals surface area contributed by atoms with E-state index in [1.54, 1.807) is 66.7 Å². The Balaban J connectivity index is 1.80. The van der Waals surface area contributed by atoms with Crippen LogP contribution in [0.15, 0.2) is 84.4 Å². The number of aromatic carboxylic acids is 1. The topological polar surface area (TPSA) is 104 Å². The Morgan fingerprint density at radius 3 is 2.09 bits per heavy atom. The predicted molar refractivity (Wildman–Crippen MR) is 121 cm³/mol. The first-order valence-corrected chi connectivity index (χ1v) is 10.2. The first-order chi connectivity index (χ1) is 15.9. The Hall–Kier alpha value is -4.39. The normalized spacial score (nSPS) is 17.2. The Morgan fingerprint density at radius 1 is 0.879 bits per heavy atom. The molecule has 1 aliphatic heterocycles. The zero-order chi connectivity index (χ0) is 23.5. The lowest BCUT2D eigenvalue weighted by Crippen LogP contribution is -2.29. The molecule has 1 amide bonds. The van der Waals surface area contributed by atoms with Gasteiger partial charge in [0.25, 0.3) is 11.7 Å². The summed E-state index contributed by atoms with van der Waals surface area (Å²) in [6.07, 6.45) is 0. The first-order valence-electron chi connectivity index (χ1n) is 10.2. The van der Waals surface area contributed by atoms with Crippen LogP contribution in [-0.4, -0.2) is 39.9 Å². The number of rotatable bonds is 6. The van der Waals surface area contributed by atoms with E-state index in [0.717, 1.165) is 0 Å². The molecule has 1 unspecified atom stereocenters. The molecule has 1 saturated heterocycles. The standard InChI is InChI=1S/C26H21NO6/c1-33-20-13-11-17(12-14-20)22-21(23(28)18-5-3-2-4-6-18)24(29)25(30)27(22)15-16-7-9-19(10-8-16)26(31)32/h2-14,22,28H,15H2,1H3,(H,31,32)/b23-21+. The van der Waals surface area contributed by atoms with Crippen LogP contribution in [-0.2, 0) is 16.1 Å². The van der Waals surface area contributed by atoms with Crippen LogP contribution in [0.5, 0.6) is 5.75 Å². The number of nitrogens with zero attached hydrogens (tertiary/aromatic N) is 1. The van der Waals surface area contributed by atoms with Crippen molar-refractivity contribution in [2.45, 2.75) is 12.6 Å². The number of hydrogen-bond acceptors (Lipinski definition) is 5. The van der Waals surface area contributed by atoms with Gasteiger partial charge < -0.3 is 19.8 Å². The molecule has 0 saturated carbocycles. The van der Waals surface area contributed by atoms with E-state index in [9.17, 15) is 19.5 Å². The minimum atomic E-state index is -1.05. The minimum Gasteiger partial charge on any atom is -0.507 e. The van der Waals surface area contributed by atoms with Crippen LogP contribution in [0.1, 0.15) is 33.1 Å². The predicted octanol–water partition coefficient (Wildman–Crippen LogP) is 4.02. The third-order valence-corrected chi connectivity index (χ3v) is 5.57. The van der Waals surface area contributed by atoms with Crippen molar-refractivity contribution >= 4 is 23.4 Å². The molecule has 1 heterocycles. The summed E-state index contributed by atoms with van der Waals surface area (Å²) in [5, 5.41) is 20.1. The van der Waals surface area contributed by atoms with Crippen LogP contribution in [0.3, 0.4) is 0 Å². The summed E-state index contributed by atoms with van der Waals surface area (Å²) in [5.74, 6) is -2.21. The van der Waals surface area contributed by atoms with Crippen LogP contribution in [0, 0.1) is 0 Å². The van der Waals surface area contributed by atoms with E-state index in [2.05, 4.69) is 0 Å². The molecule has 1 aliphatic rings. The monoisotopic (exact) mass is 443 g/mol. The molecule has 3 aromatic rings. The van der Waals surface area contributed by atoms with Gasteiger partial charge in [-0.25, -0.2) is 4.79 Å². The molecule has 1 fully saturated rings. The van der Waals surface area contributed by atoms with Gasteiger partial charge in [0.1, 0.15) is 11.5 Å². The lowest BCUT2D eigenvalue weighted by molar-refractivity contribution is -0.140. The van der Waals surface area contributed by atoms with Gasteiger partial charge in [0.2, 0.25) is 0 Å². The first kappa shape index (κ1) is 21.8. The number of aliphatic hydroxyl groups excluding tert-OH is 1. The molecule has 7 nitrogen and oxygen atoms in total. The highest BCUT2D eigenvalue weighted by atomic mass is 16.5. The van der Waals surface area contributed by atoms with E-state index in [0.29, 0.717) is 22.4 Å². The highest BCUT2D eigenvalue weighted by Gasteiger charge is 2.46. The van der Waals surface area contributed by atoms with Crippen LogP contribution < -0.4 is 4.74 Å². The molecule has 33 heavy (non-hydrogen) atoms. The maximum atomic E-state index is 13.1. The van der Waals surface area contributed by atoms with Gasteiger partial charge in [-0.2, -0.15) is 0 Å². The summed E-state index contributed by atoms with van der Waals surface area (Å²) >= 11 is 0. The third kappa shape index (κ3) is 4.21. The van der Waals surface area contributed by atoms with Crippen LogP contribution in [0.4, 0.5) is 0 Å². The van der Waals surface area contributed by atoms with Gasteiger partial charge in [-0.05, 0) is 35.4 Å². The number of aliphatic hydroxyl groups is 1. The van der Waals surface area contributed by atoms with Gasteiger partial charge in [0, 0.05) is 12.1 Å². The number of carbonyl (C=O) groups excluding carboxylic acids is 2. The summed E-state index contributed by atoms with van der Waals surface area (Å²) in [4.78, 5) is 38.6. The number of benzene rings is 3. The molecule has 2 N–H and O–H groups in total. The minimum absolute atomic E-state index is 0.00137. The Kier molecular flexibility index (Phi) is 5.95. The molecule has 7 heteroatoms. The molecular formula is C26H21NO6. The molecule has 1 atom stereocenters. The second kappa shape index (κ2) is 9.00. The number of carbonyl (C=O) groups is 3. The maximum absolute atomic E-state index is 13.1. The van der Waals surface area contributed by atoms with Crippen molar-refractivity contribution in [2.75, 3.05) is 7.11 Å². The summed E-state index contributed by atoms with van der Waals surface area (Å²) in [5.41, 5.74) is 1.84. The van der Waals surface area contributed by atoms with E-state index >= 15 is 0 Å². The van der Waals surface area contributed by atoms with Crippen molar-refractivity contribution in [2.24, 2.45) is 0 Å². The molecule has 3 aromatic carbocycles. The van der Waals surface area contributed by atoms with E-state index < -0.39 is 23.7 Å². The fraction of sp³-hybridized carbons (Fsp3) is 0.115. The largest absolute Gasteiger partial charge is 0.507 e. The number of Topliss-reactive ketones (excluding diaryl/α,β-unsaturated/α-hetero) is 1. The summed E-state index contributed by atoms with van der Waals surface area (Å²) in [6, 6.07) is 20.8. The lowest BCUT2D eigenvalue weighted by Gasteiger charge is -2.25. The van der Waals surface area contributed by atoms with Crippen molar-refractivity contribution in [3.8, 4) is 5.75 Å². The van der Waals surface area contributed by atoms with Crippen LogP contribution >= 0.6 is 0 Å². The Bertz CT molecular complexity index is 1230. The quantitative estimate of drug-likeness (QED) is 0.339. The summed E-state index contributed by atoms with van der Waals surface area (Å²) in [7, 11) is 1.54. The number of carboxylic acid groups (broad SMARTS) is 1. The highest BCUT2D eigenvalue weighted by molar-refractivity contribution is 6.46. The highest BCUT2D eigenvalue weighted by Crippen LogP contribution is 2.40. The summed E-state index contributed by atoms with van der Waals surface area (Å²) in [6.45, 7) is 0.0622. The second-order valence-electron chi connectivity index (χ2n) is 7.57. The van der Waals surface area contributed by atoms with Crippen molar-refractivity contribution < 1.29 is 29.3 Å². The van der Waals surface area contributed by atoms with Crippen molar-refractivity contribution in [3.63, 3.8) is 0 Å². The number of likely N-dealkylation sites (tertiary alicyclic amines) is 1. The lowest BCUT2D eigenvalue weighted by atomic mass is 9.95. The second-order valence-corrected chi connectivity index (χ2v) is 7.57. The molecule has 0 aromatic heterocycles. The van der Waals surface area contributed by atoms with E-state index in [1.807, 2.05) is 0 Å². The zero-order valence-electron chi connectivity index (χ0n) is 17.8. The molecule has 0 spiro atoms. The average Bonchev–Trinajstić information content (AvgIpc) is 3.09. The molecule has 0 aliphatic carbocycles. The maximum Gasteiger partial charge on any atom is 0.335 e. The number of hydrogen-bond donors (Lipinski definition) is 2. The van der Waals surface area contributed by atoms with Gasteiger partial charge in [-0.15, -0.1) is 0 Å². The SMILES string of the molecule is COc1ccc(C2/C(=C(\O)c3ccccc3)C(=O)C(=O)N2Cc2ccc(C(=O)O)cc2)cc1. The number of ether oxygens (including phenoxy) is 1. The number of carboxylic acids is 1. The van der Waals surface area contributed by atoms with E-state index in [1.165, 1.54) is 24.1 Å². The fourth-order valence-electron chi connectivity index (χ4n) is 3.88. The molecule has 0 radical (unpaired) electrons.